The molecule has 0 bridgehead atoms. The number of esters is 1. The summed E-state index contributed by atoms with van der Waals surface area (Å²) in [5, 5.41) is 3.36. The van der Waals surface area contributed by atoms with Crippen LogP contribution >= 0.6 is 0 Å². The lowest BCUT2D eigenvalue weighted by molar-refractivity contribution is -0.143. The van der Waals surface area contributed by atoms with Crippen molar-refractivity contribution in [3.63, 3.8) is 0 Å². The van der Waals surface area contributed by atoms with Crippen molar-refractivity contribution >= 4 is 5.97 Å². The van der Waals surface area contributed by atoms with E-state index in [-0.39, 0.29) is 5.97 Å². The van der Waals surface area contributed by atoms with Crippen LogP contribution in [0, 0.1) is 5.92 Å². The van der Waals surface area contributed by atoms with Gasteiger partial charge in [0.2, 0.25) is 0 Å². The van der Waals surface area contributed by atoms with Crippen molar-refractivity contribution in [2.75, 3.05) is 20.2 Å². The van der Waals surface area contributed by atoms with E-state index in [1.165, 1.54) is 19.2 Å². The Morgan fingerprint density at radius 1 is 1.06 bits per heavy atom. The minimum absolute atomic E-state index is 0.283. The topological polar surface area (TPSA) is 38.3 Å². The Morgan fingerprint density at radius 3 is 2.26 bits per heavy atom. The number of halogens is 3. The number of benzene rings is 2. The van der Waals surface area contributed by atoms with Crippen LogP contribution in [0.25, 0.3) is 11.1 Å². The Hall–Kier alpha value is -2.34. The summed E-state index contributed by atoms with van der Waals surface area (Å²) in [7, 11) is 1.39. The molecule has 1 N–H and O–H groups in total. The van der Waals surface area contributed by atoms with Crippen molar-refractivity contribution in [3.8, 4) is 11.1 Å². The summed E-state index contributed by atoms with van der Waals surface area (Å²) >= 11 is 0. The highest BCUT2D eigenvalue weighted by Crippen LogP contribution is 2.36. The molecule has 6 heteroatoms. The fraction of sp³-hybridized carbons (Fsp3) is 0.480. The minimum Gasteiger partial charge on any atom is -0.469 e. The smallest absolute Gasteiger partial charge is 0.416 e. The lowest BCUT2D eigenvalue weighted by Crippen LogP contribution is -2.26. The van der Waals surface area contributed by atoms with Crippen LogP contribution < -0.4 is 5.32 Å². The van der Waals surface area contributed by atoms with Gasteiger partial charge in [-0.3, -0.25) is 4.79 Å². The third-order valence-electron chi connectivity index (χ3n) is 5.93. The van der Waals surface area contributed by atoms with Gasteiger partial charge in [0.15, 0.2) is 0 Å². The van der Waals surface area contributed by atoms with E-state index in [0.29, 0.717) is 23.8 Å². The molecule has 0 saturated carbocycles. The molecular weight excluding hydrogens is 403 g/mol. The maximum atomic E-state index is 13.0. The summed E-state index contributed by atoms with van der Waals surface area (Å²) in [4.78, 5) is 12.6. The number of rotatable bonds is 6. The third kappa shape index (κ3) is 5.88. The van der Waals surface area contributed by atoms with Crippen LogP contribution in [-0.2, 0) is 15.7 Å². The highest BCUT2D eigenvalue weighted by molar-refractivity contribution is 5.79. The van der Waals surface area contributed by atoms with E-state index < -0.39 is 17.7 Å². The van der Waals surface area contributed by atoms with Crippen LogP contribution in [0.4, 0.5) is 13.2 Å². The van der Waals surface area contributed by atoms with Gasteiger partial charge < -0.3 is 10.1 Å². The van der Waals surface area contributed by atoms with Crippen LogP contribution in [-0.4, -0.2) is 26.2 Å². The number of piperidine rings is 1. The zero-order valence-electron chi connectivity index (χ0n) is 18.3. The van der Waals surface area contributed by atoms with Crippen molar-refractivity contribution in [1.82, 2.24) is 5.32 Å². The van der Waals surface area contributed by atoms with Crippen LogP contribution in [0.3, 0.4) is 0 Å². The molecule has 2 aromatic rings. The van der Waals surface area contributed by atoms with E-state index in [0.717, 1.165) is 54.8 Å². The minimum atomic E-state index is -4.37. The van der Waals surface area contributed by atoms with Crippen LogP contribution in [0.5, 0.6) is 0 Å². The zero-order valence-corrected chi connectivity index (χ0v) is 18.3. The van der Waals surface area contributed by atoms with E-state index in [1.807, 2.05) is 6.07 Å². The molecule has 1 aliphatic rings. The highest BCUT2D eigenvalue weighted by atomic mass is 19.4. The van der Waals surface area contributed by atoms with Crippen molar-refractivity contribution in [2.45, 2.75) is 51.1 Å². The third-order valence-corrected chi connectivity index (χ3v) is 5.93. The lowest BCUT2D eigenvalue weighted by Gasteiger charge is -2.26. The predicted molar refractivity (Wildman–Crippen MR) is 116 cm³/mol. The molecule has 3 rings (SSSR count). The number of nitrogens with one attached hydrogen (secondary N) is 1. The maximum absolute atomic E-state index is 13.0. The Balaban J connectivity index is 2.07. The van der Waals surface area contributed by atoms with Gasteiger partial charge in [-0.2, -0.15) is 13.2 Å². The average Bonchev–Trinajstić information content (AvgIpc) is 2.76. The Labute approximate surface area is 182 Å². The summed E-state index contributed by atoms with van der Waals surface area (Å²) in [5.41, 5.74) is 2.87. The number of ether oxygens (including phenoxy) is 1. The molecule has 168 valence electrons. The largest absolute Gasteiger partial charge is 0.469 e. The summed E-state index contributed by atoms with van der Waals surface area (Å²) in [5.74, 6) is -0.0395. The number of carbonyl (C=O) groups excluding carboxylic acids is 1. The molecule has 1 heterocycles. The molecule has 1 saturated heterocycles. The van der Waals surface area contributed by atoms with Gasteiger partial charge in [-0.05, 0) is 78.6 Å². The molecule has 0 aromatic heterocycles. The van der Waals surface area contributed by atoms with E-state index in [4.69, 9.17) is 4.74 Å². The second-order valence-corrected chi connectivity index (χ2v) is 8.69. The number of hydrogen-bond donors (Lipinski definition) is 1. The van der Waals surface area contributed by atoms with Crippen molar-refractivity contribution in [2.24, 2.45) is 5.92 Å². The fourth-order valence-corrected chi connectivity index (χ4v) is 4.27. The van der Waals surface area contributed by atoms with Gasteiger partial charge in [0.25, 0.3) is 0 Å². The second-order valence-electron chi connectivity index (χ2n) is 8.69. The molecule has 31 heavy (non-hydrogen) atoms. The normalized spacial score (nSPS) is 16.4. The SMILES string of the molecule is COC(=O)C(CC(C)C)c1cc(-c2ccc(C(F)(F)F)cc2)cc(C2CCNCC2)c1. The predicted octanol–water partition coefficient (Wildman–Crippen LogP) is 6.14. The second kappa shape index (κ2) is 9.86. The first-order chi connectivity index (χ1) is 14.7. The molecule has 1 fully saturated rings. The summed E-state index contributed by atoms with van der Waals surface area (Å²) < 4.78 is 44.1. The first-order valence-corrected chi connectivity index (χ1v) is 10.8. The lowest BCUT2D eigenvalue weighted by atomic mass is 9.83. The molecule has 0 amide bonds. The molecule has 1 atom stereocenters. The van der Waals surface area contributed by atoms with E-state index in [2.05, 4.69) is 31.3 Å². The average molecular weight is 434 g/mol. The highest BCUT2D eigenvalue weighted by Gasteiger charge is 2.30. The zero-order chi connectivity index (χ0) is 22.6. The van der Waals surface area contributed by atoms with Gasteiger partial charge in [-0.1, -0.05) is 44.2 Å². The quantitative estimate of drug-likeness (QED) is 0.556. The van der Waals surface area contributed by atoms with E-state index >= 15 is 0 Å². The summed E-state index contributed by atoms with van der Waals surface area (Å²) in [6, 6.07) is 11.3. The van der Waals surface area contributed by atoms with E-state index in [1.54, 1.807) is 0 Å². The first-order valence-electron chi connectivity index (χ1n) is 10.8. The fourth-order valence-electron chi connectivity index (χ4n) is 4.27. The molecular formula is C25H30F3NO2. The molecule has 0 spiro atoms. The van der Waals surface area contributed by atoms with Gasteiger partial charge in [0.05, 0.1) is 18.6 Å². The molecule has 1 unspecified atom stereocenters. The van der Waals surface area contributed by atoms with Gasteiger partial charge >= 0.3 is 12.1 Å². The molecule has 0 radical (unpaired) electrons. The van der Waals surface area contributed by atoms with Gasteiger partial charge in [-0.25, -0.2) is 0 Å². The maximum Gasteiger partial charge on any atom is 0.416 e. The summed E-state index contributed by atoms with van der Waals surface area (Å²) in [6.45, 7) is 5.97. The van der Waals surface area contributed by atoms with Crippen LogP contribution in [0.15, 0.2) is 42.5 Å². The number of methoxy groups -OCH3 is 1. The van der Waals surface area contributed by atoms with Gasteiger partial charge in [0.1, 0.15) is 0 Å². The van der Waals surface area contributed by atoms with Crippen LogP contribution in [0.1, 0.15) is 61.6 Å². The number of alkyl halides is 3. The Kier molecular flexibility index (Phi) is 7.42. The first kappa shape index (κ1) is 23.3. The van der Waals surface area contributed by atoms with Crippen LogP contribution in [0.2, 0.25) is 0 Å². The summed E-state index contributed by atoms with van der Waals surface area (Å²) in [6.07, 6.45) is -1.74. The molecule has 2 aromatic carbocycles. The van der Waals surface area contributed by atoms with Crippen molar-refractivity contribution in [1.29, 1.82) is 0 Å². The Bertz CT molecular complexity index is 885. The standard InChI is InChI=1S/C25H30F3NO2/c1-16(2)12-23(24(30)31-3)21-14-19(13-20(15-21)18-8-10-29-11-9-18)17-4-6-22(7-5-17)25(26,27)28/h4-7,13-16,18,23,29H,8-12H2,1-3H3. The molecule has 0 aliphatic carbocycles. The molecule has 1 aliphatic heterocycles. The number of carbonyl (C=O) groups is 1. The monoisotopic (exact) mass is 433 g/mol. The van der Waals surface area contributed by atoms with Crippen molar-refractivity contribution < 1.29 is 22.7 Å². The van der Waals surface area contributed by atoms with Gasteiger partial charge in [0, 0.05) is 0 Å². The Morgan fingerprint density at radius 2 is 1.71 bits per heavy atom. The van der Waals surface area contributed by atoms with Crippen molar-refractivity contribution in [3.05, 3.63) is 59.2 Å². The van der Waals surface area contributed by atoms with Gasteiger partial charge in [-0.15, -0.1) is 0 Å². The van der Waals surface area contributed by atoms with E-state index in [9.17, 15) is 18.0 Å². The molecule has 3 nitrogen and oxygen atoms in total. The number of hydrogen-bond acceptors (Lipinski definition) is 3.